The van der Waals surface area contributed by atoms with Crippen LogP contribution in [0, 0.1) is 0 Å². The van der Waals surface area contributed by atoms with E-state index in [2.05, 4.69) is 10.3 Å². The maximum atomic E-state index is 11.5. The lowest BCUT2D eigenvalue weighted by molar-refractivity contribution is 0.139. The molecule has 0 aromatic heterocycles. The summed E-state index contributed by atoms with van der Waals surface area (Å²) in [5.41, 5.74) is 0.862. The van der Waals surface area contributed by atoms with Crippen molar-refractivity contribution in [2.45, 2.75) is 38.8 Å². The second-order valence-electron chi connectivity index (χ2n) is 5.70. The summed E-state index contributed by atoms with van der Waals surface area (Å²) in [6.07, 6.45) is 1.13. The molecule has 0 spiro atoms. The molecule has 114 valence electrons. The standard InChI is InChI=1S/C16H22N2O3/c1-16(2)12-21-14(18-16)9-6-10-17-15(19)20-11-13-7-4-3-5-8-13/h3-5,7-8H,6,9-12H2,1-2H3,(H,17,19). The van der Waals surface area contributed by atoms with Gasteiger partial charge in [-0.25, -0.2) is 9.79 Å². The van der Waals surface area contributed by atoms with Crippen LogP contribution in [0.1, 0.15) is 32.3 Å². The van der Waals surface area contributed by atoms with Crippen LogP contribution in [-0.2, 0) is 16.1 Å². The van der Waals surface area contributed by atoms with Crippen LogP contribution < -0.4 is 5.32 Å². The number of ether oxygens (including phenoxy) is 2. The van der Waals surface area contributed by atoms with Crippen LogP contribution in [0.2, 0.25) is 0 Å². The zero-order valence-electron chi connectivity index (χ0n) is 12.6. The van der Waals surface area contributed by atoms with E-state index in [1.807, 2.05) is 44.2 Å². The monoisotopic (exact) mass is 290 g/mol. The van der Waals surface area contributed by atoms with E-state index in [0.717, 1.165) is 24.3 Å². The first kappa shape index (κ1) is 15.4. The summed E-state index contributed by atoms with van der Waals surface area (Å²) < 4.78 is 10.6. The van der Waals surface area contributed by atoms with E-state index < -0.39 is 6.09 Å². The molecule has 0 atom stereocenters. The second-order valence-corrected chi connectivity index (χ2v) is 5.70. The smallest absolute Gasteiger partial charge is 0.407 e. The molecule has 0 saturated heterocycles. The number of amides is 1. The molecular formula is C16H22N2O3. The number of alkyl carbamates (subject to hydrolysis) is 1. The predicted octanol–water partition coefficient (Wildman–Crippen LogP) is 2.90. The van der Waals surface area contributed by atoms with Gasteiger partial charge >= 0.3 is 6.09 Å². The van der Waals surface area contributed by atoms with Gasteiger partial charge in [-0.05, 0) is 25.8 Å². The van der Waals surface area contributed by atoms with Gasteiger partial charge in [-0.3, -0.25) is 0 Å². The number of carbonyl (C=O) groups is 1. The number of carbonyl (C=O) groups excluding carboxylic acids is 1. The molecule has 21 heavy (non-hydrogen) atoms. The third kappa shape index (κ3) is 5.45. The van der Waals surface area contributed by atoms with Gasteiger partial charge in [0.05, 0.1) is 5.54 Å². The van der Waals surface area contributed by atoms with Gasteiger partial charge < -0.3 is 14.8 Å². The Morgan fingerprint density at radius 3 is 2.81 bits per heavy atom. The number of hydrogen-bond acceptors (Lipinski definition) is 4. The molecule has 1 aliphatic rings. The van der Waals surface area contributed by atoms with Crippen molar-refractivity contribution in [2.24, 2.45) is 4.99 Å². The largest absolute Gasteiger partial charge is 0.478 e. The highest BCUT2D eigenvalue weighted by molar-refractivity contribution is 5.78. The van der Waals surface area contributed by atoms with Crippen molar-refractivity contribution in [3.63, 3.8) is 0 Å². The normalized spacial score (nSPS) is 16.0. The van der Waals surface area contributed by atoms with Crippen LogP contribution in [0.4, 0.5) is 4.79 Å². The Kier molecular flexibility index (Phi) is 5.20. The topological polar surface area (TPSA) is 59.9 Å². The molecule has 1 heterocycles. The van der Waals surface area contributed by atoms with E-state index in [-0.39, 0.29) is 12.1 Å². The van der Waals surface area contributed by atoms with Crippen molar-refractivity contribution in [3.8, 4) is 0 Å². The predicted molar refractivity (Wildman–Crippen MR) is 81.3 cm³/mol. The Morgan fingerprint density at radius 1 is 1.38 bits per heavy atom. The molecule has 0 unspecified atom stereocenters. The minimum Gasteiger partial charge on any atom is -0.478 e. The van der Waals surface area contributed by atoms with Gasteiger partial charge in [-0.1, -0.05) is 30.3 Å². The van der Waals surface area contributed by atoms with Crippen LogP contribution in [0.3, 0.4) is 0 Å². The summed E-state index contributed by atoms with van der Waals surface area (Å²) in [4.78, 5) is 16.0. The van der Waals surface area contributed by atoms with Gasteiger partial charge in [0.15, 0.2) is 5.90 Å². The zero-order chi connectivity index (χ0) is 15.1. The van der Waals surface area contributed by atoms with Crippen molar-refractivity contribution < 1.29 is 14.3 Å². The van der Waals surface area contributed by atoms with Crippen LogP contribution in [-0.4, -0.2) is 30.7 Å². The Bertz CT molecular complexity index is 498. The molecule has 0 radical (unpaired) electrons. The summed E-state index contributed by atoms with van der Waals surface area (Å²) in [6, 6.07) is 9.61. The van der Waals surface area contributed by atoms with Gasteiger partial charge in [0.25, 0.3) is 0 Å². The van der Waals surface area contributed by atoms with E-state index in [0.29, 0.717) is 13.2 Å². The number of rotatable bonds is 6. The quantitative estimate of drug-likeness (QED) is 0.819. The van der Waals surface area contributed by atoms with E-state index >= 15 is 0 Å². The molecule has 0 bridgehead atoms. The molecule has 5 heteroatoms. The number of benzene rings is 1. The average Bonchev–Trinajstić information content (AvgIpc) is 2.82. The minimum absolute atomic E-state index is 0.114. The number of nitrogens with zero attached hydrogens (tertiary/aromatic N) is 1. The molecule has 2 rings (SSSR count). The van der Waals surface area contributed by atoms with Crippen molar-refractivity contribution in [1.29, 1.82) is 0 Å². The molecule has 0 fully saturated rings. The van der Waals surface area contributed by atoms with Crippen molar-refractivity contribution in [3.05, 3.63) is 35.9 Å². The highest BCUT2D eigenvalue weighted by Gasteiger charge is 2.25. The summed E-state index contributed by atoms with van der Waals surface area (Å²) in [7, 11) is 0. The van der Waals surface area contributed by atoms with Gasteiger partial charge in [0, 0.05) is 13.0 Å². The molecule has 5 nitrogen and oxygen atoms in total. The van der Waals surface area contributed by atoms with E-state index in [1.165, 1.54) is 0 Å². The lowest BCUT2D eigenvalue weighted by atomic mass is 10.1. The molecule has 1 aromatic carbocycles. The van der Waals surface area contributed by atoms with Crippen LogP contribution in [0.5, 0.6) is 0 Å². The average molecular weight is 290 g/mol. The Hall–Kier alpha value is -2.04. The second kappa shape index (κ2) is 7.11. The number of nitrogens with one attached hydrogen (secondary N) is 1. The first-order valence-corrected chi connectivity index (χ1v) is 7.21. The lowest BCUT2D eigenvalue weighted by Crippen LogP contribution is -2.25. The van der Waals surface area contributed by atoms with Gasteiger partial charge in [-0.15, -0.1) is 0 Å². The molecule has 1 amide bonds. The molecule has 1 N–H and O–H groups in total. The van der Waals surface area contributed by atoms with Crippen LogP contribution in [0.15, 0.2) is 35.3 Å². The third-order valence-corrected chi connectivity index (χ3v) is 3.07. The van der Waals surface area contributed by atoms with Crippen molar-refractivity contribution in [1.82, 2.24) is 5.32 Å². The Labute approximate surface area is 125 Å². The minimum atomic E-state index is -0.395. The fraction of sp³-hybridized carbons (Fsp3) is 0.500. The number of aliphatic imine (C=N–C) groups is 1. The highest BCUT2D eigenvalue weighted by atomic mass is 16.5. The molecule has 1 aliphatic heterocycles. The fourth-order valence-corrected chi connectivity index (χ4v) is 1.99. The van der Waals surface area contributed by atoms with E-state index in [9.17, 15) is 4.79 Å². The van der Waals surface area contributed by atoms with Crippen molar-refractivity contribution in [2.75, 3.05) is 13.2 Å². The molecule has 0 saturated carbocycles. The first-order chi connectivity index (χ1) is 10.1. The fourth-order valence-electron chi connectivity index (χ4n) is 1.99. The Balaban J connectivity index is 1.58. The van der Waals surface area contributed by atoms with E-state index in [4.69, 9.17) is 9.47 Å². The summed E-state index contributed by atoms with van der Waals surface area (Å²) >= 11 is 0. The number of hydrogen-bond donors (Lipinski definition) is 1. The highest BCUT2D eigenvalue weighted by Crippen LogP contribution is 2.18. The maximum Gasteiger partial charge on any atom is 0.407 e. The maximum absolute atomic E-state index is 11.5. The van der Waals surface area contributed by atoms with Gasteiger partial charge in [0.2, 0.25) is 0 Å². The summed E-state index contributed by atoms with van der Waals surface area (Å²) in [6.45, 7) is 5.56. The third-order valence-electron chi connectivity index (χ3n) is 3.07. The van der Waals surface area contributed by atoms with E-state index in [1.54, 1.807) is 0 Å². The Morgan fingerprint density at radius 2 is 2.14 bits per heavy atom. The molecular weight excluding hydrogens is 268 g/mol. The SMILES string of the molecule is CC1(C)COC(CCCNC(=O)OCc2ccccc2)=N1. The summed E-state index contributed by atoms with van der Waals surface area (Å²) in [5.74, 6) is 0.777. The zero-order valence-corrected chi connectivity index (χ0v) is 12.6. The van der Waals surface area contributed by atoms with Crippen LogP contribution in [0.25, 0.3) is 0 Å². The molecule has 1 aromatic rings. The molecule has 0 aliphatic carbocycles. The first-order valence-electron chi connectivity index (χ1n) is 7.21. The lowest BCUT2D eigenvalue weighted by Gasteiger charge is -2.07. The summed E-state index contributed by atoms with van der Waals surface area (Å²) in [5, 5.41) is 2.73. The van der Waals surface area contributed by atoms with Gasteiger partial charge in [-0.2, -0.15) is 0 Å². The van der Waals surface area contributed by atoms with Gasteiger partial charge in [0.1, 0.15) is 13.2 Å². The van der Waals surface area contributed by atoms with Crippen LogP contribution >= 0.6 is 0 Å². The van der Waals surface area contributed by atoms with Crippen molar-refractivity contribution >= 4 is 12.0 Å².